The quantitative estimate of drug-likeness (QED) is 0.674. The number of hydrogen-bond donors (Lipinski definition) is 3. The van der Waals surface area contributed by atoms with Crippen LogP contribution < -0.4 is 16.2 Å². The fourth-order valence-corrected chi connectivity index (χ4v) is 3.47. The fraction of sp³-hybridized carbons (Fsp3) is 1.00. The molecular formula is C14H28F2N4. The molecule has 6 heteroatoms. The van der Waals surface area contributed by atoms with Crippen LogP contribution in [0.2, 0.25) is 0 Å². The van der Waals surface area contributed by atoms with Crippen LogP contribution in [0.5, 0.6) is 0 Å². The molecule has 2 fully saturated rings. The third-order valence-corrected chi connectivity index (χ3v) is 4.64. The lowest BCUT2D eigenvalue weighted by atomic mass is 9.77. The van der Waals surface area contributed by atoms with Gasteiger partial charge in [0.05, 0.1) is 0 Å². The Morgan fingerprint density at radius 3 is 2.85 bits per heavy atom. The molecule has 5 unspecified atom stereocenters. The Balaban J connectivity index is 1.89. The molecule has 0 aromatic carbocycles. The van der Waals surface area contributed by atoms with Gasteiger partial charge in [0.25, 0.3) is 0 Å². The Kier molecular flexibility index (Phi) is 6.14. The Hall–Kier alpha value is -0.300. The highest BCUT2D eigenvalue weighted by molar-refractivity contribution is 4.95. The van der Waals surface area contributed by atoms with E-state index in [-0.39, 0.29) is 12.0 Å². The molecule has 1 aliphatic heterocycles. The Bertz CT molecular complexity index is 292. The topological polar surface area (TPSA) is 39.3 Å². The van der Waals surface area contributed by atoms with E-state index in [1.54, 1.807) is 0 Å². The van der Waals surface area contributed by atoms with E-state index in [4.69, 9.17) is 0 Å². The van der Waals surface area contributed by atoms with Crippen molar-refractivity contribution in [3.8, 4) is 0 Å². The second-order valence-corrected chi connectivity index (χ2v) is 6.27. The molecule has 1 heterocycles. The maximum absolute atomic E-state index is 14.1. The number of halogens is 2. The van der Waals surface area contributed by atoms with Gasteiger partial charge in [-0.15, -0.1) is 0 Å². The smallest absolute Gasteiger partial charge is 0.105 e. The second-order valence-electron chi connectivity index (χ2n) is 6.27. The molecule has 0 radical (unpaired) electrons. The normalized spacial score (nSPS) is 38.5. The number of alkyl halides is 2. The van der Waals surface area contributed by atoms with E-state index in [9.17, 15) is 8.78 Å². The minimum Gasteiger partial charge on any atom is -0.318 e. The summed E-state index contributed by atoms with van der Waals surface area (Å²) in [5.74, 6) is 0.141. The number of hydrogen-bond acceptors (Lipinski definition) is 4. The molecule has 4 nitrogen and oxygen atoms in total. The van der Waals surface area contributed by atoms with Crippen LogP contribution >= 0.6 is 0 Å². The molecule has 1 saturated carbocycles. The van der Waals surface area contributed by atoms with Crippen LogP contribution in [0.25, 0.3) is 0 Å². The SMILES string of the molecule is CNCCN(C)CC1CNNC1C1CC(F)CCC1F. The average Bonchev–Trinajstić information content (AvgIpc) is 2.87. The van der Waals surface area contributed by atoms with Gasteiger partial charge in [0.1, 0.15) is 12.3 Å². The maximum Gasteiger partial charge on any atom is 0.105 e. The summed E-state index contributed by atoms with van der Waals surface area (Å²) in [4.78, 5) is 2.26. The van der Waals surface area contributed by atoms with Crippen LogP contribution in [0.15, 0.2) is 0 Å². The molecular weight excluding hydrogens is 262 g/mol. The summed E-state index contributed by atoms with van der Waals surface area (Å²) in [5.41, 5.74) is 6.33. The Morgan fingerprint density at radius 2 is 2.10 bits per heavy atom. The van der Waals surface area contributed by atoms with E-state index in [0.717, 1.165) is 26.2 Å². The molecule has 118 valence electrons. The zero-order valence-corrected chi connectivity index (χ0v) is 12.5. The number of hydrazine groups is 1. The van der Waals surface area contributed by atoms with Crippen molar-refractivity contribution in [2.45, 2.75) is 37.6 Å². The largest absolute Gasteiger partial charge is 0.318 e. The molecule has 2 rings (SSSR count). The monoisotopic (exact) mass is 290 g/mol. The predicted molar refractivity (Wildman–Crippen MR) is 77.0 cm³/mol. The van der Waals surface area contributed by atoms with Crippen molar-refractivity contribution in [3.05, 3.63) is 0 Å². The van der Waals surface area contributed by atoms with E-state index in [2.05, 4.69) is 28.1 Å². The van der Waals surface area contributed by atoms with Gasteiger partial charge in [-0.1, -0.05) is 0 Å². The number of rotatable bonds is 6. The van der Waals surface area contributed by atoms with Crippen LogP contribution in [0.3, 0.4) is 0 Å². The van der Waals surface area contributed by atoms with Gasteiger partial charge in [-0.05, 0) is 33.4 Å². The van der Waals surface area contributed by atoms with Crippen LogP contribution in [-0.2, 0) is 0 Å². The summed E-state index contributed by atoms with van der Waals surface area (Å²) < 4.78 is 27.7. The highest BCUT2D eigenvalue weighted by atomic mass is 19.1. The third-order valence-electron chi connectivity index (χ3n) is 4.64. The summed E-state index contributed by atoms with van der Waals surface area (Å²) in [5, 5.41) is 3.13. The van der Waals surface area contributed by atoms with Gasteiger partial charge in [0, 0.05) is 44.1 Å². The Labute approximate surface area is 120 Å². The molecule has 0 aromatic rings. The highest BCUT2D eigenvalue weighted by Gasteiger charge is 2.41. The molecule has 1 saturated heterocycles. The lowest BCUT2D eigenvalue weighted by molar-refractivity contribution is 0.0669. The van der Waals surface area contributed by atoms with Crippen molar-refractivity contribution in [3.63, 3.8) is 0 Å². The maximum atomic E-state index is 14.1. The molecule has 3 N–H and O–H groups in total. The lowest BCUT2D eigenvalue weighted by Crippen LogP contribution is -2.47. The van der Waals surface area contributed by atoms with Crippen LogP contribution in [0, 0.1) is 11.8 Å². The van der Waals surface area contributed by atoms with Gasteiger partial charge in [0.15, 0.2) is 0 Å². The van der Waals surface area contributed by atoms with Crippen LogP contribution in [0.1, 0.15) is 19.3 Å². The molecule has 0 spiro atoms. The van der Waals surface area contributed by atoms with Gasteiger partial charge in [-0.3, -0.25) is 10.9 Å². The van der Waals surface area contributed by atoms with Crippen LogP contribution in [-0.4, -0.2) is 63.6 Å². The molecule has 20 heavy (non-hydrogen) atoms. The molecule has 0 amide bonds. The summed E-state index contributed by atoms with van der Waals surface area (Å²) >= 11 is 0. The minimum absolute atomic E-state index is 0.0422. The van der Waals surface area contributed by atoms with E-state index in [1.807, 2.05) is 7.05 Å². The van der Waals surface area contributed by atoms with Gasteiger partial charge < -0.3 is 10.2 Å². The molecule has 5 atom stereocenters. The number of likely N-dealkylation sites (N-methyl/N-ethyl adjacent to an activating group) is 2. The third kappa shape index (κ3) is 4.10. The minimum atomic E-state index is -0.871. The van der Waals surface area contributed by atoms with Gasteiger partial charge in [0.2, 0.25) is 0 Å². The fourth-order valence-electron chi connectivity index (χ4n) is 3.47. The van der Waals surface area contributed by atoms with Gasteiger partial charge in [-0.25, -0.2) is 8.78 Å². The van der Waals surface area contributed by atoms with E-state index < -0.39 is 12.3 Å². The summed E-state index contributed by atoms with van der Waals surface area (Å²) in [6.45, 7) is 3.65. The Morgan fingerprint density at radius 1 is 1.30 bits per heavy atom. The van der Waals surface area contributed by atoms with E-state index in [1.165, 1.54) is 0 Å². The first kappa shape index (κ1) is 16.1. The molecule has 2 aliphatic rings. The number of nitrogens with zero attached hydrogens (tertiary/aromatic N) is 1. The molecule has 0 aromatic heterocycles. The van der Waals surface area contributed by atoms with Crippen LogP contribution in [0.4, 0.5) is 8.78 Å². The highest BCUT2D eigenvalue weighted by Crippen LogP contribution is 2.34. The van der Waals surface area contributed by atoms with Crippen molar-refractivity contribution in [2.24, 2.45) is 11.8 Å². The van der Waals surface area contributed by atoms with Crippen molar-refractivity contribution in [2.75, 3.05) is 40.3 Å². The number of nitrogens with one attached hydrogen (secondary N) is 3. The second kappa shape index (κ2) is 7.64. The lowest BCUT2D eigenvalue weighted by Gasteiger charge is -2.36. The van der Waals surface area contributed by atoms with E-state index >= 15 is 0 Å². The summed E-state index contributed by atoms with van der Waals surface area (Å²) in [7, 11) is 4.02. The average molecular weight is 290 g/mol. The van der Waals surface area contributed by atoms with E-state index in [0.29, 0.717) is 25.2 Å². The first-order chi connectivity index (χ1) is 9.61. The summed E-state index contributed by atoms with van der Waals surface area (Å²) in [6.07, 6.45) is -0.602. The zero-order valence-electron chi connectivity index (χ0n) is 12.5. The van der Waals surface area contributed by atoms with Crippen molar-refractivity contribution in [1.29, 1.82) is 0 Å². The molecule has 0 bridgehead atoms. The van der Waals surface area contributed by atoms with Crippen molar-refractivity contribution < 1.29 is 8.78 Å². The first-order valence-electron chi connectivity index (χ1n) is 7.71. The zero-order chi connectivity index (χ0) is 14.5. The first-order valence-corrected chi connectivity index (χ1v) is 7.71. The summed E-state index contributed by atoms with van der Waals surface area (Å²) in [6, 6.07) is 0.0422. The van der Waals surface area contributed by atoms with Gasteiger partial charge in [-0.2, -0.15) is 0 Å². The van der Waals surface area contributed by atoms with Crippen molar-refractivity contribution >= 4 is 0 Å². The standard InChI is InChI=1S/C14H28F2N4/c1-17-5-6-20(2)9-10-8-18-19-14(10)12-7-11(15)3-4-13(12)16/h10-14,17-19H,3-9H2,1-2H3. The van der Waals surface area contributed by atoms with Crippen molar-refractivity contribution in [1.82, 2.24) is 21.1 Å². The van der Waals surface area contributed by atoms with Gasteiger partial charge >= 0.3 is 0 Å². The predicted octanol–water partition coefficient (Wildman–Crippen LogP) is 0.707. The molecule has 1 aliphatic carbocycles.